The fourth-order valence-corrected chi connectivity index (χ4v) is 5.31. The first-order chi connectivity index (χ1) is 19.3. The molecule has 1 aliphatic heterocycles. The molecular formula is C27H33ClFN7O3S. The van der Waals surface area contributed by atoms with Crippen LogP contribution in [0.15, 0.2) is 47.6 Å². The molecule has 3 aromatic rings. The third-order valence-corrected chi connectivity index (χ3v) is 7.62. The number of nitrogens with one attached hydrogen (secondary N) is 1. The molecule has 4 rings (SSSR count). The van der Waals surface area contributed by atoms with Gasteiger partial charge in [-0.3, -0.25) is 14.7 Å². The van der Waals surface area contributed by atoms with Crippen LogP contribution in [0.2, 0.25) is 5.02 Å². The van der Waals surface area contributed by atoms with Crippen molar-refractivity contribution in [3.63, 3.8) is 0 Å². The smallest absolute Gasteiger partial charge is 0.219 e. The van der Waals surface area contributed by atoms with Crippen LogP contribution in [-0.2, 0) is 9.53 Å². The third kappa shape index (κ3) is 8.32. The molecule has 0 aliphatic carbocycles. The lowest BCUT2D eigenvalue weighted by Gasteiger charge is -2.37. The summed E-state index contributed by atoms with van der Waals surface area (Å²) < 4.78 is 20.0. The van der Waals surface area contributed by atoms with E-state index in [0.29, 0.717) is 33.8 Å². The van der Waals surface area contributed by atoms with Crippen molar-refractivity contribution < 1.29 is 19.0 Å². The first-order valence-corrected chi connectivity index (χ1v) is 14.3. The van der Waals surface area contributed by atoms with E-state index in [1.807, 2.05) is 12.1 Å². The maximum absolute atomic E-state index is 14.6. The number of ether oxygens (including phenoxy) is 1. The number of carbonyl (C=O) groups excluding carboxylic acids is 1. The zero-order valence-electron chi connectivity index (χ0n) is 22.2. The lowest BCUT2D eigenvalue weighted by molar-refractivity contribution is -0.119. The molecule has 10 nitrogen and oxygen atoms in total. The Hall–Kier alpha value is -2.87. The summed E-state index contributed by atoms with van der Waals surface area (Å²) in [7, 11) is 2.07. The number of aromatic nitrogens is 3. The van der Waals surface area contributed by atoms with Crippen molar-refractivity contribution in [2.75, 3.05) is 64.1 Å². The van der Waals surface area contributed by atoms with Crippen LogP contribution in [0.4, 0.5) is 15.8 Å². The molecule has 2 aromatic heterocycles. The van der Waals surface area contributed by atoms with Crippen molar-refractivity contribution in [2.45, 2.75) is 17.5 Å². The zero-order chi connectivity index (χ0) is 28.5. The normalized spacial score (nSPS) is 15.2. The predicted molar refractivity (Wildman–Crippen MR) is 154 cm³/mol. The number of hydrogen-bond donors (Lipinski definition) is 3. The Kier molecular flexibility index (Phi) is 11.0. The minimum Gasteiger partial charge on any atom is -0.394 e. The van der Waals surface area contributed by atoms with Crippen LogP contribution < -0.4 is 11.1 Å². The van der Waals surface area contributed by atoms with Crippen LogP contribution in [0.25, 0.3) is 11.3 Å². The Bertz CT molecular complexity index is 1300. The number of anilines is 2. The number of nitrogens with two attached hydrogens (primary N) is 1. The van der Waals surface area contributed by atoms with Gasteiger partial charge in [-0.15, -0.1) is 22.0 Å². The quantitative estimate of drug-likeness (QED) is 0.202. The van der Waals surface area contributed by atoms with Crippen molar-refractivity contribution >= 4 is 40.6 Å². The van der Waals surface area contributed by atoms with E-state index in [0.717, 1.165) is 37.6 Å². The molecule has 3 heterocycles. The highest BCUT2D eigenvalue weighted by molar-refractivity contribution is 7.99. The van der Waals surface area contributed by atoms with E-state index in [9.17, 15) is 9.18 Å². The Morgan fingerprint density at radius 2 is 2.00 bits per heavy atom. The average Bonchev–Trinajstić information content (AvgIpc) is 2.94. The van der Waals surface area contributed by atoms with E-state index in [1.54, 1.807) is 12.3 Å². The van der Waals surface area contributed by atoms with Gasteiger partial charge in [0.25, 0.3) is 0 Å². The van der Waals surface area contributed by atoms with Gasteiger partial charge in [-0.2, -0.15) is 0 Å². The lowest BCUT2D eigenvalue weighted by Crippen LogP contribution is -2.46. The standard InChI is InChI=1S/C27H33ClFN7O3S/c1-35-6-8-36(9-7-35)25(17-26(30)38)23-15-19(4-5-31-23)32-24-16-22(20-14-18(28)2-3-21(20)29)33-34-27(24)40-13-12-39-11-10-37/h2-5,14-16,25,37H,6-13,17H2,1H3,(H2,30,38)(H,31,32,33). The highest BCUT2D eigenvalue weighted by Gasteiger charge is 2.27. The molecule has 0 spiro atoms. The van der Waals surface area contributed by atoms with Gasteiger partial charge in [0.05, 0.1) is 42.9 Å². The molecule has 0 bridgehead atoms. The summed E-state index contributed by atoms with van der Waals surface area (Å²) in [6.07, 6.45) is 1.84. The molecule has 1 unspecified atom stereocenters. The number of rotatable bonds is 13. The van der Waals surface area contributed by atoms with E-state index >= 15 is 0 Å². The SMILES string of the molecule is CN1CCN(C(CC(N)=O)c2cc(Nc3cc(-c4cc(Cl)ccc4F)nnc3SCCOCCO)ccn2)CC1. The summed E-state index contributed by atoms with van der Waals surface area (Å²) in [6, 6.07) is 9.45. The number of hydrogen-bond acceptors (Lipinski definition) is 10. The molecule has 4 N–H and O–H groups in total. The summed E-state index contributed by atoms with van der Waals surface area (Å²) in [5.41, 5.74) is 8.23. The van der Waals surface area contributed by atoms with Crippen LogP contribution in [0.1, 0.15) is 18.2 Å². The van der Waals surface area contributed by atoms with Crippen LogP contribution >= 0.6 is 23.4 Å². The number of carbonyl (C=O) groups is 1. The van der Waals surface area contributed by atoms with Crippen LogP contribution in [-0.4, -0.2) is 94.8 Å². The van der Waals surface area contributed by atoms with Crippen molar-refractivity contribution in [2.24, 2.45) is 5.73 Å². The Labute approximate surface area is 242 Å². The number of thioether (sulfide) groups is 1. The number of amides is 1. The maximum atomic E-state index is 14.6. The molecule has 1 amide bonds. The molecule has 13 heteroatoms. The van der Waals surface area contributed by atoms with Gasteiger partial charge >= 0.3 is 0 Å². The molecular weight excluding hydrogens is 557 g/mol. The van der Waals surface area contributed by atoms with Gasteiger partial charge < -0.3 is 25.8 Å². The first kappa shape index (κ1) is 30.1. The van der Waals surface area contributed by atoms with Crippen molar-refractivity contribution in [1.82, 2.24) is 25.0 Å². The number of benzene rings is 1. The summed E-state index contributed by atoms with van der Waals surface area (Å²) >= 11 is 7.54. The number of primary amides is 1. The molecule has 1 atom stereocenters. The summed E-state index contributed by atoms with van der Waals surface area (Å²) in [4.78, 5) is 21.0. The average molecular weight is 590 g/mol. The second-order valence-corrected chi connectivity index (χ2v) is 10.9. The fourth-order valence-electron chi connectivity index (χ4n) is 4.37. The largest absolute Gasteiger partial charge is 0.394 e. The number of aliphatic hydroxyl groups excluding tert-OH is 1. The molecule has 1 saturated heterocycles. The molecule has 0 radical (unpaired) electrons. The van der Waals surface area contributed by atoms with E-state index in [-0.39, 0.29) is 31.2 Å². The predicted octanol–water partition coefficient (Wildman–Crippen LogP) is 3.34. The van der Waals surface area contributed by atoms with Crippen LogP contribution in [0.5, 0.6) is 0 Å². The molecule has 1 aliphatic rings. The maximum Gasteiger partial charge on any atom is 0.219 e. The highest BCUT2D eigenvalue weighted by Crippen LogP contribution is 2.33. The third-order valence-electron chi connectivity index (χ3n) is 6.44. The topological polar surface area (TPSA) is 130 Å². The zero-order valence-corrected chi connectivity index (χ0v) is 23.8. The van der Waals surface area contributed by atoms with Crippen molar-refractivity contribution in [3.05, 3.63) is 59.1 Å². The van der Waals surface area contributed by atoms with E-state index in [4.69, 9.17) is 27.2 Å². The lowest BCUT2D eigenvalue weighted by atomic mass is 10.1. The van der Waals surface area contributed by atoms with Crippen molar-refractivity contribution in [3.8, 4) is 11.3 Å². The van der Waals surface area contributed by atoms with Gasteiger partial charge in [-0.1, -0.05) is 11.6 Å². The first-order valence-electron chi connectivity index (χ1n) is 12.9. The minimum absolute atomic E-state index is 0.0492. The van der Waals surface area contributed by atoms with Crippen LogP contribution in [0, 0.1) is 5.82 Å². The Balaban J connectivity index is 1.63. The summed E-state index contributed by atoms with van der Waals surface area (Å²) in [5, 5.41) is 21.9. The summed E-state index contributed by atoms with van der Waals surface area (Å²) in [6.45, 7) is 4.00. The fraction of sp³-hybridized carbons (Fsp3) is 0.407. The summed E-state index contributed by atoms with van der Waals surface area (Å²) in [5.74, 6) is -0.284. The van der Waals surface area contributed by atoms with Gasteiger partial charge in [0, 0.05) is 60.8 Å². The molecule has 1 fully saturated rings. The van der Waals surface area contributed by atoms with E-state index < -0.39 is 11.7 Å². The Morgan fingerprint density at radius 3 is 2.75 bits per heavy atom. The van der Waals surface area contributed by atoms with Gasteiger partial charge in [0.1, 0.15) is 10.8 Å². The second-order valence-electron chi connectivity index (χ2n) is 9.38. The molecule has 214 valence electrons. The van der Waals surface area contributed by atoms with Gasteiger partial charge in [0.15, 0.2) is 0 Å². The highest BCUT2D eigenvalue weighted by atomic mass is 35.5. The second kappa shape index (κ2) is 14.7. The molecule has 40 heavy (non-hydrogen) atoms. The Morgan fingerprint density at radius 1 is 1.20 bits per heavy atom. The van der Waals surface area contributed by atoms with Crippen molar-refractivity contribution in [1.29, 1.82) is 0 Å². The number of halogens is 2. The molecule has 1 aromatic carbocycles. The van der Waals surface area contributed by atoms with Crippen LogP contribution in [0.3, 0.4) is 0 Å². The number of piperazine rings is 1. The van der Waals surface area contributed by atoms with E-state index in [2.05, 4.69) is 37.3 Å². The molecule has 0 saturated carbocycles. The number of likely N-dealkylation sites (N-methyl/N-ethyl adjacent to an activating group) is 1. The van der Waals surface area contributed by atoms with Gasteiger partial charge in [0.2, 0.25) is 5.91 Å². The number of aliphatic hydroxyl groups is 1. The van der Waals surface area contributed by atoms with E-state index in [1.165, 1.54) is 30.0 Å². The van der Waals surface area contributed by atoms with Gasteiger partial charge in [-0.25, -0.2) is 4.39 Å². The number of pyridine rings is 1. The monoisotopic (exact) mass is 589 g/mol. The number of nitrogens with zero attached hydrogens (tertiary/aromatic N) is 5. The van der Waals surface area contributed by atoms with Gasteiger partial charge in [-0.05, 0) is 43.4 Å². The minimum atomic E-state index is -0.463.